The molecule has 1 saturated heterocycles. The lowest BCUT2D eigenvalue weighted by Gasteiger charge is -2.34. The molecule has 36 heavy (non-hydrogen) atoms. The number of urea groups is 1. The highest BCUT2D eigenvalue weighted by Gasteiger charge is 2.47. The van der Waals surface area contributed by atoms with Gasteiger partial charge in [-0.3, -0.25) is 4.68 Å². The van der Waals surface area contributed by atoms with Gasteiger partial charge in [0, 0.05) is 24.7 Å². The number of carbonyl (C=O) groups is 1. The molecule has 4 heterocycles. The summed E-state index contributed by atoms with van der Waals surface area (Å²) < 4.78 is 61.0. The summed E-state index contributed by atoms with van der Waals surface area (Å²) in [7, 11) is 0. The van der Waals surface area contributed by atoms with Crippen LogP contribution >= 0.6 is 0 Å². The number of hydrogen-bond acceptors (Lipinski definition) is 5. The van der Waals surface area contributed by atoms with Gasteiger partial charge < -0.3 is 20.7 Å². The fourth-order valence-electron chi connectivity index (χ4n) is 4.73. The predicted molar refractivity (Wildman–Crippen MR) is 122 cm³/mol. The number of amides is 2. The maximum absolute atomic E-state index is 13.3. The van der Waals surface area contributed by atoms with Crippen molar-refractivity contribution in [1.82, 2.24) is 25.0 Å². The number of likely N-dealkylation sites (tertiary alicyclic amines) is 1. The molecular weight excluding hydrogens is 480 g/mol. The molecule has 0 radical (unpaired) electrons. The number of carbonyl (C=O) groups excluding carboxylic acids is 1. The number of fused-ring (bicyclic) bond motifs is 2. The van der Waals surface area contributed by atoms with E-state index >= 15 is 0 Å². The van der Waals surface area contributed by atoms with E-state index in [1.54, 1.807) is 27.8 Å². The van der Waals surface area contributed by atoms with Crippen molar-refractivity contribution < 1.29 is 27.1 Å². The zero-order valence-electron chi connectivity index (χ0n) is 19.3. The van der Waals surface area contributed by atoms with Crippen molar-refractivity contribution in [2.24, 2.45) is 0 Å². The Bertz CT molecular complexity index is 1290. The molecule has 2 aliphatic heterocycles. The molecule has 1 aromatic carbocycles. The number of benzene rings is 1. The van der Waals surface area contributed by atoms with Crippen molar-refractivity contribution in [2.45, 2.75) is 37.7 Å². The number of nitrogens with zero attached hydrogens (tertiary/aromatic N) is 4. The Kier molecular flexibility index (Phi) is 5.86. The third-order valence-electron chi connectivity index (χ3n) is 6.68. The van der Waals surface area contributed by atoms with Gasteiger partial charge in [0.25, 0.3) is 0 Å². The second kappa shape index (κ2) is 8.77. The van der Waals surface area contributed by atoms with E-state index in [4.69, 9.17) is 10.5 Å². The van der Waals surface area contributed by atoms with Crippen LogP contribution in [0.5, 0.6) is 0 Å². The number of anilines is 1. The molecule has 2 aromatic heterocycles. The van der Waals surface area contributed by atoms with Gasteiger partial charge in [-0.05, 0) is 36.8 Å². The van der Waals surface area contributed by atoms with E-state index in [0.717, 1.165) is 11.6 Å². The number of aromatic nitrogens is 3. The fourth-order valence-corrected chi connectivity index (χ4v) is 4.73. The molecule has 2 amide bonds. The van der Waals surface area contributed by atoms with Crippen LogP contribution in [0.15, 0.2) is 42.6 Å². The number of pyridine rings is 1. The molecule has 2 aliphatic rings. The smallest absolute Gasteiger partial charge is 0.383 e. The highest BCUT2D eigenvalue weighted by atomic mass is 19.4. The van der Waals surface area contributed by atoms with Crippen LogP contribution in [-0.2, 0) is 23.1 Å². The first-order valence-electron chi connectivity index (χ1n) is 11.4. The molecule has 1 fully saturated rings. The first kappa shape index (κ1) is 24.0. The molecule has 0 saturated carbocycles. The summed E-state index contributed by atoms with van der Waals surface area (Å²) in [5.74, 6) is -0.948. The zero-order valence-corrected chi connectivity index (χ0v) is 19.3. The van der Waals surface area contributed by atoms with Crippen molar-refractivity contribution in [2.75, 3.05) is 25.4 Å². The van der Waals surface area contributed by atoms with Crippen molar-refractivity contribution in [1.29, 1.82) is 0 Å². The molecule has 5 rings (SSSR count). The second-order valence-electron chi connectivity index (χ2n) is 9.03. The standard InChI is InChI=1S/C24H24F4N6O2/c1-14(15-2-4-17(25)5-3-15)31-22(35)33-7-6-23(13-33)20-11-19(32-34(20)8-9-36-23)16-10-18(24(26,27)28)21(29)30-12-16/h2-5,10-12,14H,6-9,13H2,1H3,(H2,29,30)(H,31,35). The van der Waals surface area contributed by atoms with E-state index in [0.29, 0.717) is 37.5 Å². The van der Waals surface area contributed by atoms with Crippen LogP contribution in [0.4, 0.5) is 28.2 Å². The van der Waals surface area contributed by atoms with Crippen molar-refractivity contribution >= 4 is 11.8 Å². The molecule has 0 bridgehead atoms. The number of nitrogen functional groups attached to an aromatic ring is 1. The Labute approximate surface area is 204 Å². The Morgan fingerprint density at radius 3 is 2.69 bits per heavy atom. The minimum absolute atomic E-state index is 0.189. The van der Waals surface area contributed by atoms with Gasteiger partial charge in [0.2, 0.25) is 0 Å². The van der Waals surface area contributed by atoms with Gasteiger partial charge in [-0.1, -0.05) is 12.1 Å². The third kappa shape index (κ3) is 4.36. The number of halogens is 4. The SMILES string of the molecule is CC(NC(=O)N1CCC2(C1)OCCn1nc(-c3cnc(N)c(C(F)(F)F)c3)cc12)c1ccc(F)cc1. The van der Waals surface area contributed by atoms with Crippen LogP contribution in [0, 0.1) is 5.82 Å². The number of rotatable bonds is 3. The maximum Gasteiger partial charge on any atom is 0.419 e. The second-order valence-corrected chi connectivity index (χ2v) is 9.03. The van der Waals surface area contributed by atoms with E-state index in [2.05, 4.69) is 15.4 Å². The monoisotopic (exact) mass is 504 g/mol. The van der Waals surface area contributed by atoms with Crippen molar-refractivity contribution in [3.8, 4) is 11.3 Å². The normalized spacial score (nSPS) is 20.4. The molecule has 3 N–H and O–H groups in total. The summed E-state index contributed by atoms with van der Waals surface area (Å²) in [5, 5.41) is 7.42. The highest BCUT2D eigenvalue weighted by molar-refractivity contribution is 5.75. The quantitative estimate of drug-likeness (QED) is 0.524. The molecule has 1 spiro atoms. The Morgan fingerprint density at radius 1 is 1.22 bits per heavy atom. The fraction of sp³-hybridized carbons (Fsp3) is 0.375. The molecule has 3 aromatic rings. The van der Waals surface area contributed by atoms with Crippen LogP contribution in [0.3, 0.4) is 0 Å². The maximum atomic E-state index is 13.3. The molecule has 190 valence electrons. The van der Waals surface area contributed by atoms with Gasteiger partial charge >= 0.3 is 12.2 Å². The average molecular weight is 504 g/mol. The van der Waals surface area contributed by atoms with E-state index in [1.165, 1.54) is 18.3 Å². The van der Waals surface area contributed by atoms with E-state index in [9.17, 15) is 22.4 Å². The van der Waals surface area contributed by atoms with Crippen molar-refractivity contribution in [3.05, 3.63) is 65.2 Å². The van der Waals surface area contributed by atoms with Gasteiger partial charge in [-0.15, -0.1) is 0 Å². The van der Waals surface area contributed by atoms with Gasteiger partial charge in [-0.2, -0.15) is 18.3 Å². The zero-order chi connectivity index (χ0) is 25.7. The van der Waals surface area contributed by atoms with Crippen molar-refractivity contribution in [3.63, 3.8) is 0 Å². The summed E-state index contributed by atoms with van der Waals surface area (Å²) in [6, 6.07) is 7.92. The topological polar surface area (TPSA) is 98.3 Å². The van der Waals surface area contributed by atoms with E-state index in [-0.39, 0.29) is 30.0 Å². The number of hydrogen-bond donors (Lipinski definition) is 2. The summed E-state index contributed by atoms with van der Waals surface area (Å²) in [6.45, 7) is 3.27. The van der Waals surface area contributed by atoms with Crippen LogP contribution in [0.2, 0.25) is 0 Å². The molecule has 2 unspecified atom stereocenters. The number of ether oxygens (including phenoxy) is 1. The number of nitrogens with one attached hydrogen (secondary N) is 1. The third-order valence-corrected chi connectivity index (χ3v) is 6.68. The summed E-state index contributed by atoms with van der Waals surface area (Å²) in [4.78, 5) is 18.3. The number of nitrogens with two attached hydrogens (primary N) is 1. The number of alkyl halides is 3. The molecule has 8 nitrogen and oxygen atoms in total. The summed E-state index contributed by atoms with van der Waals surface area (Å²) in [6.07, 6.45) is -2.87. The minimum atomic E-state index is -4.64. The summed E-state index contributed by atoms with van der Waals surface area (Å²) >= 11 is 0. The molecular formula is C24H24F4N6O2. The van der Waals surface area contributed by atoms with E-state index in [1.807, 2.05) is 6.92 Å². The van der Waals surface area contributed by atoms with Crippen LogP contribution in [0.25, 0.3) is 11.3 Å². The average Bonchev–Trinajstić information content (AvgIpc) is 3.45. The largest absolute Gasteiger partial charge is 0.419 e. The lowest BCUT2D eigenvalue weighted by atomic mass is 9.96. The Hall–Kier alpha value is -3.67. The summed E-state index contributed by atoms with van der Waals surface area (Å²) in [5.41, 5.74) is 5.56. The first-order chi connectivity index (χ1) is 17.1. The van der Waals surface area contributed by atoms with Crippen LogP contribution in [-0.4, -0.2) is 45.4 Å². The highest BCUT2D eigenvalue weighted by Crippen LogP contribution is 2.41. The molecule has 12 heteroatoms. The lowest BCUT2D eigenvalue weighted by Crippen LogP contribution is -2.44. The lowest BCUT2D eigenvalue weighted by molar-refractivity contribution is -0.137. The minimum Gasteiger partial charge on any atom is -0.383 e. The van der Waals surface area contributed by atoms with Crippen LogP contribution < -0.4 is 11.1 Å². The van der Waals surface area contributed by atoms with Gasteiger partial charge in [0.05, 0.1) is 42.7 Å². The predicted octanol–water partition coefficient (Wildman–Crippen LogP) is 4.09. The Balaban J connectivity index is 1.36. The molecule has 2 atom stereocenters. The van der Waals surface area contributed by atoms with Gasteiger partial charge in [0.15, 0.2) is 0 Å². The first-order valence-corrected chi connectivity index (χ1v) is 11.4. The van der Waals surface area contributed by atoms with Crippen LogP contribution in [0.1, 0.15) is 36.2 Å². The molecule has 0 aliphatic carbocycles. The van der Waals surface area contributed by atoms with Gasteiger partial charge in [-0.25, -0.2) is 14.2 Å². The Morgan fingerprint density at radius 2 is 1.97 bits per heavy atom. The van der Waals surface area contributed by atoms with Gasteiger partial charge in [0.1, 0.15) is 17.2 Å². The van der Waals surface area contributed by atoms with E-state index < -0.39 is 23.2 Å².